The number of nitrogens with zero attached hydrogens (tertiary/aromatic N) is 3. The third-order valence-electron chi connectivity index (χ3n) is 6.30. The monoisotopic (exact) mass is 445 g/mol. The third kappa shape index (κ3) is 4.44. The minimum atomic E-state index is -3.81. The van der Waals surface area contributed by atoms with E-state index < -0.39 is 21.1 Å². The molecule has 8 nitrogen and oxygen atoms in total. The van der Waals surface area contributed by atoms with Crippen molar-refractivity contribution in [3.8, 4) is 0 Å². The summed E-state index contributed by atoms with van der Waals surface area (Å²) in [6.07, 6.45) is 2.44. The number of non-ortho nitro benzene ring substituents is 1. The van der Waals surface area contributed by atoms with Crippen molar-refractivity contribution in [3.05, 3.63) is 64.2 Å². The van der Waals surface area contributed by atoms with Crippen LogP contribution in [0.5, 0.6) is 0 Å². The molecule has 0 spiro atoms. The minimum Gasteiger partial charge on any atom is -0.388 e. The summed E-state index contributed by atoms with van der Waals surface area (Å²) >= 11 is 0. The zero-order valence-corrected chi connectivity index (χ0v) is 18.1. The van der Waals surface area contributed by atoms with Crippen LogP contribution < -0.4 is 4.90 Å². The molecule has 2 aromatic carbocycles. The molecule has 1 unspecified atom stereocenters. The molecule has 2 fully saturated rings. The summed E-state index contributed by atoms with van der Waals surface area (Å²) in [6.45, 7) is 2.04. The van der Waals surface area contributed by atoms with Gasteiger partial charge in [-0.15, -0.1) is 0 Å². The van der Waals surface area contributed by atoms with Crippen molar-refractivity contribution in [2.45, 2.75) is 36.7 Å². The number of hydrogen-bond acceptors (Lipinski definition) is 6. The fourth-order valence-corrected chi connectivity index (χ4v) is 6.28. The van der Waals surface area contributed by atoms with Gasteiger partial charge in [0.1, 0.15) is 4.90 Å². The van der Waals surface area contributed by atoms with Crippen LogP contribution in [-0.2, 0) is 10.0 Å². The lowest BCUT2D eigenvalue weighted by molar-refractivity contribution is -0.385. The van der Waals surface area contributed by atoms with Gasteiger partial charge in [-0.3, -0.25) is 10.1 Å². The molecule has 0 saturated carbocycles. The lowest BCUT2D eigenvalue weighted by Crippen LogP contribution is -2.37. The van der Waals surface area contributed by atoms with Crippen molar-refractivity contribution in [3.63, 3.8) is 0 Å². The molecule has 0 aliphatic carbocycles. The number of nitro groups is 1. The predicted octanol–water partition coefficient (Wildman–Crippen LogP) is 3.33. The number of rotatable bonds is 6. The second-order valence-electron chi connectivity index (χ2n) is 8.20. The predicted molar refractivity (Wildman–Crippen MR) is 117 cm³/mol. The lowest BCUT2D eigenvalue weighted by atomic mass is 9.87. The number of aliphatic hydroxyl groups is 1. The second-order valence-corrected chi connectivity index (χ2v) is 10.1. The van der Waals surface area contributed by atoms with Crippen LogP contribution in [-0.4, -0.2) is 48.9 Å². The molecule has 2 aliphatic heterocycles. The first kappa shape index (κ1) is 21.7. The summed E-state index contributed by atoms with van der Waals surface area (Å²) in [6, 6.07) is 13.6. The van der Waals surface area contributed by atoms with Gasteiger partial charge in [-0.1, -0.05) is 30.3 Å². The van der Waals surface area contributed by atoms with Crippen LogP contribution in [0.4, 0.5) is 11.4 Å². The number of hydrogen-bond donors (Lipinski definition) is 1. The Labute approximate surface area is 182 Å². The van der Waals surface area contributed by atoms with Crippen molar-refractivity contribution < 1.29 is 18.4 Å². The van der Waals surface area contributed by atoms with Crippen LogP contribution in [0.25, 0.3) is 0 Å². The molecule has 1 N–H and O–H groups in total. The largest absolute Gasteiger partial charge is 0.388 e. The number of aliphatic hydroxyl groups excluding tert-OH is 1. The Morgan fingerprint density at radius 1 is 1.00 bits per heavy atom. The summed E-state index contributed by atoms with van der Waals surface area (Å²) < 4.78 is 28.0. The molecule has 1 atom stereocenters. The number of nitro benzene ring substituents is 1. The maximum absolute atomic E-state index is 13.3. The first-order chi connectivity index (χ1) is 14.9. The van der Waals surface area contributed by atoms with E-state index in [0.29, 0.717) is 44.7 Å². The highest BCUT2D eigenvalue weighted by atomic mass is 32.2. The van der Waals surface area contributed by atoms with Gasteiger partial charge in [0.25, 0.3) is 5.69 Å². The highest BCUT2D eigenvalue weighted by molar-refractivity contribution is 7.89. The highest BCUT2D eigenvalue weighted by Crippen LogP contribution is 2.37. The quantitative estimate of drug-likeness (QED) is 0.540. The fourth-order valence-electron chi connectivity index (χ4n) is 4.53. The van der Waals surface area contributed by atoms with E-state index >= 15 is 0 Å². The average Bonchev–Trinajstić information content (AvgIpc) is 3.35. The average molecular weight is 446 g/mol. The molecule has 4 rings (SSSR count). The maximum atomic E-state index is 13.3. The molecule has 0 bridgehead atoms. The van der Waals surface area contributed by atoms with Crippen molar-refractivity contribution in [1.82, 2.24) is 4.31 Å². The Morgan fingerprint density at radius 2 is 1.65 bits per heavy atom. The molecule has 0 aromatic heterocycles. The van der Waals surface area contributed by atoms with Gasteiger partial charge in [0.15, 0.2) is 0 Å². The number of piperidine rings is 1. The number of sulfonamides is 1. The van der Waals surface area contributed by atoms with Crippen LogP contribution in [0.2, 0.25) is 0 Å². The van der Waals surface area contributed by atoms with E-state index in [-0.39, 0.29) is 16.5 Å². The van der Waals surface area contributed by atoms with Crippen LogP contribution in [0, 0.1) is 16.0 Å². The summed E-state index contributed by atoms with van der Waals surface area (Å²) in [5.74, 6) is 0.0790. The van der Waals surface area contributed by atoms with Gasteiger partial charge in [-0.2, -0.15) is 4.31 Å². The zero-order chi connectivity index (χ0) is 22.0. The summed E-state index contributed by atoms with van der Waals surface area (Å²) in [7, 11) is -3.81. The molecule has 9 heteroatoms. The van der Waals surface area contributed by atoms with Gasteiger partial charge in [0, 0.05) is 38.3 Å². The molecule has 2 saturated heterocycles. The van der Waals surface area contributed by atoms with E-state index in [1.165, 1.54) is 16.4 Å². The molecular weight excluding hydrogens is 418 g/mol. The highest BCUT2D eigenvalue weighted by Gasteiger charge is 2.34. The number of anilines is 1. The third-order valence-corrected chi connectivity index (χ3v) is 8.23. The minimum absolute atomic E-state index is 0.00524. The Morgan fingerprint density at radius 3 is 2.26 bits per heavy atom. The van der Waals surface area contributed by atoms with Crippen molar-refractivity contribution in [2.24, 2.45) is 5.92 Å². The second kappa shape index (κ2) is 8.94. The normalized spacial score (nSPS) is 19.5. The molecule has 2 aromatic rings. The van der Waals surface area contributed by atoms with Crippen LogP contribution >= 0.6 is 0 Å². The van der Waals surface area contributed by atoms with Gasteiger partial charge in [0.2, 0.25) is 10.0 Å². The Bertz CT molecular complexity index is 1030. The van der Waals surface area contributed by atoms with Gasteiger partial charge in [0.05, 0.1) is 16.7 Å². The van der Waals surface area contributed by atoms with E-state index in [2.05, 4.69) is 0 Å². The first-order valence-corrected chi connectivity index (χ1v) is 12.1. The summed E-state index contributed by atoms with van der Waals surface area (Å²) in [4.78, 5) is 12.7. The van der Waals surface area contributed by atoms with Gasteiger partial charge in [-0.25, -0.2) is 8.42 Å². The van der Waals surface area contributed by atoms with Crippen molar-refractivity contribution in [1.29, 1.82) is 0 Å². The smallest absolute Gasteiger partial charge is 0.270 e. The Hall–Kier alpha value is -2.49. The lowest BCUT2D eigenvalue weighted by Gasteiger charge is -2.36. The first-order valence-electron chi connectivity index (χ1n) is 10.6. The van der Waals surface area contributed by atoms with Crippen molar-refractivity contribution >= 4 is 21.4 Å². The van der Waals surface area contributed by atoms with E-state index in [9.17, 15) is 23.6 Å². The summed E-state index contributed by atoms with van der Waals surface area (Å²) in [5, 5.41) is 22.0. The summed E-state index contributed by atoms with van der Waals surface area (Å²) in [5.41, 5.74) is 1.16. The van der Waals surface area contributed by atoms with E-state index in [0.717, 1.165) is 18.4 Å². The molecule has 0 amide bonds. The topological polar surface area (TPSA) is 104 Å². The molecular formula is C22H27N3O5S. The fraction of sp³-hybridized carbons (Fsp3) is 0.455. The molecule has 31 heavy (non-hydrogen) atoms. The van der Waals surface area contributed by atoms with Crippen LogP contribution in [0.1, 0.15) is 37.4 Å². The van der Waals surface area contributed by atoms with E-state index in [1.54, 1.807) is 6.07 Å². The Kier molecular flexibility index (Phi) is 6.27. The molecule has 2 aliphatic rings. The van der Waals surface area contributed by atoms with E-state index in [1.807, 2.05) is 35.2 Å². The number of benzene rings is 2. The van der Waals surface area contributed by atoms with Crippen molar-refractivity contribution in [2.75, 3.05) is 31.1 Å². The molecule has 0 radical (unpaired) electrons. The molecule has 166 valence electrons. The Balaban J connectivity index is 1.58. The van der Waals surface area contributed by atoms with E-state index in [4.69, 9.17) is 0 Å². The maximum Gasteiger partial charge on any atom is 0.270 e. The van der Waals surface area contributed by atoms with Gasteiger partial charge in [-0.05, 0) is 43.2 Å². The SMILES string of the molecule is O=[N+]([O-])c1ccc(N2CCC(C(O)c3ccccc3)CC2)c(S(=O)(=O)N2CCCC2)c1. The van der Waals surface area contributed by atoms with Gasteiger partial charge < -0.3 is 10.0 Å². The van der Waals surface area contributed by atoms with Crippen LogP contribution in [0.3, 0.4) is 0 Å². The molecule has 2 heterocycles. The standard InChI is InChI=1S/C22H27N3O5S/c26-22(17-6-2-1-3-7-17)18-10-14-23(15-11-18)20-9-8-19(25(27)28)16-21(20)31(29,30)24-12-4-5-13-24/h1-3,6-9,16,18,22,26H,4-5,10-15H2. The zero-order valence-electron chi connectivity index (χ0n) is 17.3. The van der Waals surface area contributed by atoms with Crippen LogP contribution in [0.15, 0.2) is 53.4 Å². The van der Waals surface area contributed by atoms with Gasteiger partial charge >= 0.3 is 0 Å².